The maximum atomic E-state index is 11.3. The van der Waals surface area contributed by atoms with Crippen LogP contribution in [-0.2, 0) is 14.4 Å². The molecule has 2 amide bonds. The van der Waals surface area contributed by atoms with Gasteiger partial charge < -0.3 is 10.4 Å². The third-order valence-electron chi connectivity index (χ3n) is 3.18. The highest BCUT2D eigenvalue weighted by Gasteiger charge is 2.32. The number of carbonyl (C=O) groups is 3. The highest BCUT2D eigenvalue weighted by atomic mass is 16.4. The number of rotatable bonds is 6. The number of hydrogen-bond donors (Lipinski definition) is 2. The Hall–Kier alpha value is -1.43. The van der Waals surface area contributed by atoms with Gasteiger partial charge in [0.2, 0.25) is 11.8 Å². The SMILES string of the molecule is CCC(C)(NCCN1C(=O)CCC1=O)C(=O)O. The lowest BCUT2D eigenvalue weighted by Crippen LogP contribution is -2.51. The van der Waals surface area contributed by atoms with Crippen LogP contribution in [0, 0.1) is 0 Å². The van der Waals surface area contributed by atoms with Crippen LogP contribution in [0.5, 0.6) is 0 Å². The summed E-state index contributed by atoms with van der Waals surface area (Å²) in [5.74, 6) is -1.28. The summed E-state index contributed by atoms with van der Waals surface area (Å²) in [6, 6.07) is 0. The van der Waals surface area contributed by atoms with E-state index in [0.29, 0.717) is 13.0 Å². The summed E-state index contributed by atoms with van der Waals surface area (Å²) >= 11 is 0. The van der Waals surface area contributed by atoms with Gasteiger partial charge in [0.15, 0.2) is 0 Å². The molecule has 2 N–H and O–H groups in total. The number of likely N-dealkylation sites (tertiary alicyclic amines) is 1. The fraction of sp³-hybridized carbons (Fsp3) is 0.727. The van der Waals surface area contributed by atoms with Crippen molar-refractivity contribution < 1.29 is 19.5 Å². The van der Waals surface area contributed by atoms with Crippen LogP contribution >= 0.6 is 0 Å². The Bertz CT molecular complexity index is 326. The van der Waals surface area contributed by atoms with Gasteiger partial charge in [-0.05, 0) is 13.3 Å². The summed E-state index contributed by atoms with van der Waals surface area (Å²) < 4.78 is 0. The van der Waals surface area contributed by atoms with E-state index in [1.54, 1.807) is 13.8 Å². The van der Waals surface area contributed by atoms with Crippen LogP contribution in [0.2, 0.25) is 0 Å². The molecule has 0 saturated carbocycles. The van der Waals surface area contributed by atoms with Gasteiger partial charge >= 0.3 is 5.97 Å². The first-order valence-corrected chi connectivity index (χ1v) is 5.72. The van der Waals surface area contributed by atoms with Gasteiger partial charge in [-0.15, -0.1) is 0 Å². The van der Waals surface area contributed by atoms with Gasteiger partial charge in [0.1, 0.15) is 5.54 Å². The second-order valence-corrected chi connectivity index (χ2v) is 4.36. The summed E-state index contributed by atoms with van der Waals surface area (Å²) in [6.45, 7) is 3.89. The highest BCUT2D eigenvalue weighted by molar-refractivity contribution is 6.01. The number of carboxylic acids is 1. The van der Waals surface area contributed by atoms with E-state index in [-0.39, 0.29) is 31.2 Å². The second kappa shape index (κ2) is 5.27. The van der Waals surface area contributed by atoms with Crippen LogP contribution < -0.4 is 5.32 Å². The van der Waals surface area contributed by atoms with Crippen molar-refractivity contribution in [2.24, 2.45) is 0 Å². The maximum absolute atomic E-state index is 11.3. The Morgan fingerprint density at radius 2 is 1.94 bits per heavy atom. The number of imide groups is 1. The third-order valence-corrected chi connectivity index (χ3v) is 3.18. The van der Waals surface area contributed by atoms with Crippen LogP contribution in [0.25, 0.3) is 0 Å². The zero-order valence-electron chi connectivity index (χ0n) is 10.2. The summed E-state index contributed by atoms with van der Waals surface area (Å²) in [5.41, 5.74) is -1.01. The van der Waals surface area contributed by atoms with Crippen molar-refractivity contribution in [3.05, 3.63) is 0 Å². The van der Waals surface area contributed by atoms with Crippen LogP contribution in [0.15, 0.2) is 0 Å². The molecule has 0 aromatic heterocycles. The average Bonchev–Trinajstić information content (AvgIpc) is 2.59. The molecule has 0 aromatic rings. The van der Waals surface area contributed by atoms with Crippen molar-refractivity contribution in [3.8, 4) is 0 Å². The van der Waals surface area contributed by atoms with E-state index in [9.17, 15) is 14.4 Å². The van der Waals surface area contributed by atoms with Gasteiger partial charge in [0.05, 0.1) is 0 Å². The minimum absolute atomic E-state index is 0.176. The predicted molar refractivity (Wildman–Crippen MR) is 60.3 cm³/mol. The quantitative estimate of drug-likeness (QED) is 0.639. The second-order valence-electron chi connectivity index (χ2n) is 4.36. The van der Waals surface area contributed by atoms with E-state index in [2.05, 4.69) is 5.32 Å². The van der Waals surface area contributed by atoms with Gasteiger partial charge in [-0.1, -0.05) is 6.92 Å². The molecule has 17 heavy (non-hydrogen) atoms. The number of carboxylic acid groups (broad SMARTS) is 1. The lowest BCUT2D eigenvalue weighted by Gasteiger charge is -2.25. The summed E-state index contributed by atoms with van der Waals surface area (Å²) in [6.07, 6.45) is 0.968. The molecule has 1 heterocycles. The largest absolute Gasteiger partial charge is 0.480 e. The highest BCUT2D eigenvalue weighted by Crippen LogP contribution is 2.12. The zero-order chi connectivity index (χ0) is 13.1. The molecule has 0 radical (unpaired) electrons. The molecule has 1 fully saturated rings. The molecular weight excluding hydrogens is 224 g/mol. The van der Waals surface area contributed by atoms with Crippen molar-refractivity contribution in [1.29, 1.82) is 0 Å². The molecule has 96 valence electrons. The Morgan fingerprint density at radius 3 is 2.35 bits per heavy atom. The lowest BCUT2D eigenvalue weighted by molar-refractivity contribution is -0.144. The van der Waals surface area contributed by atoms with Gasteiger partial charge in [-0.25, -0.2) is 0 Å². The Morgan fingerprint density at radius 1 is 1.41 bits per heavy atom. The summed E-state index contributed by atoms with van der Waals surface area (Å²) in [7, 11) is 0. The number of nitrogens with zero attached hydrogens (tertiary/aromatic N) is 1. The van der Waals surface area contributed by atoms with Crippen molar-refractivity contribution in [3.63, 3.8) is 0 Å². The standard InChI is InChI=1S/C11H18N2O4/c1-3-11(2,10(16)17)12-6-7-13-8(14)4-5-9(13)15/h12H,3-7H2,1-2H3,(H,16,17). The van der Waals surface area contributed by atoms with Gasteiger partial charge in [-0.2, -0.15) is 0 Å². The minimum atomic E-state index is -1.01. The molecule has 1 unspecified atom stereocenters. The Labute approximate surface area is 100.0 Å². The number of nitrogens with one attached hydrogen (secondary N) is 1. The molecule has 1 rings (SSSR count). The van der Waals surface area contributed by atoms with E-state index in [0.717, 1.165) is 0 Å². The fourth-order valence-electron chi connectivity index (χ4n) is 1.67. The Kier molecular flexibility index (Phi) is 4.22. The first-order chi connectivity index (χ1) is 7.90. The molecular formula is C11H18N2O4. The maximum Gasteiger partial charge on any atom is 0.323 e. The van der Waals surface area contributed by atoms with Crippen molar-refractivity contribution in [2.75, 3.05) is 13.1 Å². The third kappa shape index (κ3) is 3.03. The number of aliphatic carboxylic acids is 1. The summed E-state index contributed by atoms with van der Waals surface area (Å²) in [4.78, 5) is 34.8. The topological polar surface area (TPSA) is 86.7 Å². The lowest BCUT2D eigenvalue weighted by atomic mass is 9.99. The van der Waals surface area contributed by atoms with E-state index in [1.807, 2.05) is 0 Å². The first-order valence-electron chi connectivity index (χ1n) is 5.72. The molecule has 1 atom stereocenters. The van der Waals surface area contributed by atoms with Crippen LogP contribution in [-0.4, -0.2) is 46.4 Å². The van der Waals surface area contributed by atoms with E-state index in [4.69, 9.17) is 5.11 Å². The van der Waals surface area contributed by atoms with Crippen molar-refractivity contribution >= 4 is 17.8 Å². The average molecular weight is 242 g/mol. The molecule has 1 saturated heterocycles. The van der Waals surface area contributed by atoms with Gasteiger partial charge in [0, 0.05) is 25.9 Å². The fourth-order valence-corrected chi connectivity index (χ4v) is 1.67. The zero-order valence-corrected chi connectivity index (χ0v) is 10.2. The monoisotopic (exact) mass is 242 g/mol. The molecule has 0 spiro atoms. The van der Waals surface area contributed by atoms with Crippen molar-refractivity contribution in [1.82, 2.24) is 10.2 Å². The minimum Gasteiger partial charge on any atom is -0.480 e. The molecule has 1 aliphatic rings. The molecule has 1 aliphatic heterocycles. The molecule has 6 nitrogen and oxygen atoms in total. The van der Waals surface area contributed by atoms with Crippen molar-refractivity contribution in [2.45, 2.75) is 38.6 Å². The molecule has 0 aliphatic carbocycles. The normalized spacial score (nSPS) is 19.5. The first kappa shape index (κ1) is 13.6. The van der Waals surface area contributed by atoms with Gasteiger partial charge in [0.25, 0.3) is 0 Å². The van der Waals surface area contributed by atoms with Gasteiger partial charge in [-0.3, -0.25) is 19.3 Å². The molecule has 0 bridgehead atoms. The van der Waals surface area contributed by atoms with Crippen LogP contribution in [0.4, 0.5) is 0 Å². The number of hydrogen-bond acceptors (Lipinski definition) is 4. The van der Waals surface area contributed by atoms with Crippen LogP contribution in [0.1, 0.15) is 33.1 Å². The van der Waals surface area contributed by atoms with E-state index < -0.39 is 11.5 Å². The van der Waals surface area contributed by atoms with Crippen LogP contribution in [0.3, 0.4) is 0 Å². The smallest absolute Gasteiger partial charge is 0.323 e. The predicted octanol–water partition coefficient (Wildman–Crippen LogP) is -0.0217. The molecule has 0 aromatic carbocycles. The van der Waals surface area contributed by atoms with E-state index in [1.165, 1.54) is 4.90 Å². The molecule has 6 heteroatoms. The summed E-state index contributed by atoms with van der Waals surface area (Å²) in [5, 5.41) is 11.9. The Balaban J connectivity index is 2.44. The number of carbonyl (C=O) groups excluding carboxylic acids is 2. The van der Waals surface area contributed by atoms with E-state index >= 15 is 0 Å². The number of amides is 2.